The summed E-state index contributed by atoms with van der Waals surface area (Å²) < 4.78 is 36.8. The number of carbonyl (C=O) groups is 3. The summed E-state index contributed by atoms with van der Waals surface area (Å²) >= 11 is 3.60. The SMILES string of the molecule is COc1cc(N2CCC(CN3CCN(c4ccc5c(c4)CN(C4CCC(=O)NC4=O)C5=O)CC3)CC2)c(-c2cnn(C)c2)cc1Nc1ncc(Br)c(Nc2ccc(-c3ccccc3F)cc2P(C)(C)=O)n1. The molecule has 1 unspecified atom stereocenters. The molecule has 3 fully saturated rings. The molecule has 3 saturated heterocycles. The number of rotatable bonds is 13. The van der Waals surface area contributed by atoms with E-state index in [4.69, 9.17) is 9.72 Å². The van der Waals surface area contributed by atoms with Gasteiger partial charge in [-0.1, -0.05) is 24.3 Å². The van der Waals surface area contributed by atoms with Crippen LogP contribution in [0.4, 0.5) is 38.9 Å². The number of hydrogen-bond acceptors (Lipinski definition) is 13. The van der Waals surface area contributed by atoms with Crippen LogP contribution in [-0.4, -0.2) is 120 Å². The van der Waals surface area contributed by atoms with Gasteiger partial charge < -0.3 is 34.6 Å². The summed E-state index contributed by atoms with van der Waals surface area (Å²) in [6.45, 7) is 10.2. The van der Waals surface area contributed by atoms with Crippen LogP contribution in [0.2, 0.25) is 0 Å². The van der Waals surface area contributed by atoms with Gasteiger partial charge in [0.15, 0.2) is 0 Å². The third-order valence-corrected chi connectivity index (χ3v) is 16.2. The van der Waals surface area contributed by atoms with Crippen LogP contribution in [0.1, 0.15) is 41.6 Å². The van der Waals surface area contributed by atoms with E-state index in [1.807, 2.05) is 31.6 Å². The van der Waals surface area contributed by atoms with Gasteiger partial charge in [0, 0.05) is 123 Å². The van der Waals surface area contributed by atoms with Crippen LogP contribution in [0.5, 0.6) is 5.75 Å². The van der Waals surface area contributed by atoms with Crippen molar-refractivity contribution in [3.8, 4) is 28.0 Å². The molecule has 2 aromatic heterocycles. The summed E-state index contributed by atoms with van der Waals surface area (Å²) in [5.74, 6) is 0.738. The summed E-state index contributed by atoms with van der Waals surface area (Å²) in [5.41, 5.74) is 7.97. The minimum atomic E-state index is -2.84. The molecule has 4 aliphatic heterocycles. The standard InChI is InChI=1S/C52H56BrFN11O5P/c1-61-30-35(27-56-61)39-25-43(58-52-55-28-40(53)49(60-52)57-42-12-9-33(24-47(42)71(3,4)69)37-7-5-6-8-41(37)54)46(70-2)26-45(39)64-17-15-32(16-18-64)29-62-19-21-63(22-20-62)36-10-11-38-34(23-36)31-65(51(38)68)44-13-14-48(66)59-50(44)67/h5-12,23-28,30,32,44H,13-22,29,31H2,1-4H3,(H,59,66,67)(H2,55,57,58,60). The van der Waals surface area contributed by atoms with Gasteiger partial charge in [-0.2, -0.15) is 10.1 Å². The minimum absolute atomic E-state index is 0.152. The van der Waals surface area contributed by atoms with Crippen LogP contribution in [0.3, 0.4) is 0 Å². The number of nitrogens with zero attached hydrogens (tertiary/aromatic N) is 8. The van der Waals surface area contributed by atoms with Crippen LogP contribution in [0.25, 0.3) is 22.3 Å². The zero-order chi connectivity index (χ0) is 49.6. The van der Waals surface area contributed by atoms with E-state index in [9.17, 15) is 23.3 Å². The van der Waals surface area contributed by atoms with Crippen LogP contribution in [0.15, 0.2) is 95.9 Å². The Balaban J connectivity index is 0.796. The number of piperidine rings is 2. The predicted molar refractivity (Wildman–Crippen MR) is 278 cm³/mol. The highest BCUT2D eigenvalue weighted by atomic mass is 79.9. The second-order valence-electron chi connectivity index (χ2n) is 19.1. The maximum absolute atomic E-state index is 14.8. The smallest absolute Gasteiger partial charge is 0.255 e. The molecule has 0 saturated carbocycles. The van der Waals surface area contributed by atoms with Crippen LogP contribution < -0.4 is 35.8 Å². The molecule has 16 nitrogen and oxygen atoms in total. The van der Waals surface area contributed by atoms with Gasteiger partial charge in [0.1, 0.15) is 30.6 Å². The highest BCUT2D eigenvalue weighted by molar-refractivity contribution is 9.10. The average Bonchev–Trinajstić information content (AvgIpc) is 3.94. The largest absolute Gasteiger partial charge is 0.494 e. The first-order chi connectivity index (χ1) is 34.2. The quantitative estimate of drug-likeness (QED) is 0.0753. The van der Waals surface area contributed by atoms with Gasteiger partial charge in [0.2, 0.25) is 17.8 Å². The summed E-state index contributed by atoms with van der Waals surface area (Å²) in [5, 5.41) is 14.2. The van der Waals surface area contributed by atoms with Crippen molar-refractivity contribution in [3.05, 3.63) is 113 Å². The maximum atomic E-state index is 14.8. The molecule has 0 radical (unpaired) electrons. The Morgan fingerprint density at radius 1 is 0.845 bits per heavy atom. The van der Waals surface area contributed by atoms with Crippen molar-refractivity contribution in [1.29, 1.82) is 0 Å². The van der Waals surface area contributed by atoms with Crippen molar-refractivity contribution >= 4 is 80.6 Å². The van der Waals surface area contributed by atoms with Gasteiger partial charge in [-0.15, -0.1) is 0 Å². The molecule has 71 heavy (non-hydrogen) atoms. The Morgan fingerprint density at radius 2 is 1.63 bits per heavy atom. The summed E-state index contributed by atoms with van der Waals surface area (Å²) in [4.78, 5) is 56.0. The zero-order valence-electron chi connectivity index (χ0n) is 40.1. The number of amides is 3. The fourth-order valence-electron chi connectivity index (χ4n) is 10.3. The number of benzene rings is 4. The van der Waals surface area contributed by atoms with Gasteiger partial charge in [-0.25, -0.2) is 9.37 Å². The van der Waals surface area contributed by atoms with Crippen LogP contribution in [0, 0.1) is 11.7 Å². The van der Waals surface area contributed by atoms with Gasteiger partial charge in [0.05, 0.1) is 29.2 Å². The molecule has 4 aromatic carbocycles. The molecule has 3 N–H and O–H groups in total. The second kappa shape index (κ2) is 19.9. The average molecular weight is 1040 g/mol. The van der Waals surface area contributed by atoms with E-state index >= 15 is 0 Å². The van der Waals surface area contributed by atoms with Gasteiger partial charge in [0.25, 0.3) is 5.91 Å². The molecule has 0 aliphatic carbocycles. The summed E-state index contributed by atoms with van der Waals surface area (Å²) in [6.07, 6.45) is 8.19. The third-order valence-electron chi connectivity index (χ3n) is 14.1. The number of piperazine rings is 1. The van der Waals surface area contributed by atoms with E-state index in [0.717, 1.165) is 86.7 Å². The maximum Gasteiger partial charge on any atom is 0.255 e. The topological polar surface area (TPSA) is 170 Å². The van der Waals surface area contributed by atoms with Gasteiger partial charge in [-0.3, -0.25) is 29.3 Å². The Kier molecular flexibility index (Phi) is 13.4. The third kappa shape index (κ3) is 10.2. The Hall–Kier alpha value is -6.62. The van der Waals surface area contributed by atoms with Crippen LogP contribution in [-0.2, 0) is 27.7 Å². The molecule has 0 spiro atoms. The van der Waals surface area contributed by atoms with Gasteiger partial charge in [-0.05, 0) is 108 Å². The monoisotopic (exact) mass is 1040 g/mol. The van der Waals surface area contributed by atoms with Crippen molar-refractivity contribution in [2.24, 2.45) is 13.0 Å². The normalized spacial score (nSPS) is 17.9. The molecule has 6 heterocycles. The molecule has 19 heteroatoms. The number of anilines is 6. The molecule has 0 bridgehead atoms. The Labute approximate surface area is 420 Å². The van der Waals surface area contributed by atoms with E-state index in [2.05, 4.69) is 74.9 Å². The molecule has 10 rings (SSSR count). The highest BCUT2D eigenvalue weighted by Crippen LogP contribution is 2.43. The number of imide groups is 1. The number of ether oxygens (including phenoxy) is 1. The number of hydrogen-bond donors (Lipinski definition) is 3. The lowest BCUT2D eigenvalue weighted by Crippen LogP contribution is -2.52. The number of carbonyl (C=O) groups excluding carboxylic acids is 3. The predicted octanol–water partition coefficient (Wildman–Crippen LogP) is 7.99. The van der Waals surface area contributed by atoms with Crippen molar-refractivity contribution in [3.63, 3.8) is 0 Å². The van der Waals surface area contributed by atoms with E-state index in [1.165, 1.54) is 6.07 Å². The summed E-state index contributed by atoms with van der Waals surface area (Å²) in [7, 11) is 0.714. The van der Waals surface area contributed by atoms with Crippen LogP contribution >= 0.6 is 23.1 Å². The molecular weight excluding hydrogens is 989 g/mol. The number of halogens is 2. The molecular formula is C52H56BrFN11O5P. The van der Waals surface area contributed by atoms with Crippen molar-refractivity contribution in [2.75, 3.05) is 86.7 Å². The first-order valence-electron chi connectivity index (χ1n) is 23.9. The number of methoxy groups -OCH3 is 1. The van der Waals surface area contributed by atoms with E-state index in [0.29, 0.717) is 74.2 Å². The number of aryl methyl sites for hydroxylation is 1. The van der Waals surface area contributed by atoms with Crippen molar-refractivity contribution < 1.29 is 28.1 Å². The second-order valence-corrected chi connectivity index (χ2v) is 23.2. The number of nitrogens with one attached hydrogen (secondary N) is 3. The Bertz CT molecular complexity index is 3090. The molecule has 6 aromatic rings. The molecule has 368 valence electrons. The lowest BCUT2D eigenvalue weighted by molar-refractivity contribution is -0.136. The fraction of sp³-hybridized carbons (Fsp3) is 0.346. The molecule has 4 aliphatic rings. The van der Waals surface area contributed by atoms with E-state index < -0.39 is 19.1 Å². The molecule has 1 atom stereocenters. The number of fused-ring (bicyclic) bond motifs is 1. The lowest BCUT2D eigenvalue weighted by Gasteiger charge is -2.40. The van der Waals surface area contributed by atoms with Crippen molar-refractivity contribution in [2.45, 2.75) is 38.3 Å². The van der Waals surface area contributed by atoms with E-state index in [1.54, 1.807) is 72.6 Å². The zero-order valence-corrected chi connectivity index (χ0v) is 42.6. The number of aromatic nitrogens is 4. The van der Waals surface area contributed by atoms with E-state index in [-0.39, 0.29) is 24.1 Å². The first kappa shape index (κ1) is 48.0. The lowest BCUT2D eigenvalue weighted by atomic mass is 9.94. The first-order valence-corrected chi connectivity index (χ1v) is 27.3. The van der Waals surface area contributed by atoms with Crippen molar-refractivity contribution in [1.82, 2.24) is 34.9 Å². The highest BCUT2D eigenvalue weighted by Gasteiger charge is 2.39. The molecule has 3 amide bonds. The Morgan fingerprint density at radius 3 is 2.35 bits per heavy atom. The fourth-order valence-corrected chi connectivity index (χ4v) is 11.7. The van der Waals surface area contributed by atoms with Gasteiger partial charge >= 0.3 is 0 Å². The minimum Gasteiger partial charge on any atom is -0.494 e. The summed E-state index contributed by atoms with van der Waals surface area (Å²) in [6, 6.07) is 21.4.